The molecule has 1 N–H and O–H groups in total. The van der Waals surface area contributed by atoms with Gasteiger partial charge in [0.2, 0.25) is 11.8 Å². The van der Waals surface area contributed by atoms with Crippen LogP contribution in [0.15, 0.2) is 18.2 Å². The summed E-state index contributed by atoms with van der Waals surface area (Å²) in [6, 6.07) is 5.43. The average molecular weight is 286 g/mol. The highest BCUT2D eigenvalue weighted by atomic mass is 16.2. The number of carbonyl (C=O) groups excluding carboxylic acids is 3. The van der Waals surface area contributed by atoms with Crippen molar-refractivity contribution < 1.29 is 14.4 Å². The number of hydrogen-bond acceptors (Lipinski definition) is 3. The van der Waals surface area contributed by atoms with Gasteiger partial charge >= 0.3 is 0 Å². The third kappa shape index (κ3) is 2.44. The molecular weight excluding hydrogens is 268 g/mol. The summed E-state index contributed by atoms with van der Waals surface area (Å²) in [5.74, 6) is -0.718. The van der Waals surface area contributed by atoms with Crippen LogP contribution >= 0.6 is 0 Å². The molecule has 110 valence electrons. The molecule has 5 nitrogen and oxygen atoms in total. The SMILES string of the molecule is CCCc1ccc2c(c1)C(=O)N([C@@H]1CCC(=O)NC1=O)C2. The molecule has 0 bridgehead atoms. The molecule has 0 aromatic heterocycles. The van der Waals surface area contributed by atoms with Crippen molar-refractivity contribution in [2.24, 2.45) is 0 Å². The van der Waals surface area contributed by atoms with Crippen LogP contribution in [0.3, 0.4) is 0 Å². The maximum Gasteiger partial charge on any atom is 0.255 e. The number of piperidine rings is 1. The minimum Gasteiger partial charge on any atom is -0.322 e. The molecular formula is C16H18N2O3. The van der Waals surface area contributed by atoms with Crippen LogP contribution in [0.4, 0.5) is 0 Å². The van der Waals surface area contributed by atoms with Gasteiger partial charge in [-0.1, -0.05) is 25.5 Å². The van der Waals surface area contributed by atoms with Crippen molar-refractivity contribution in [3.05, 3.63) is 34.9 Å². The zero-order valence-corrected chi connectivity index (χ0v) is 12.0. The fraction of sp³-hybridized carbons (Fsp3) is 0.438. The second-order valence-corrected chi connectivity index (χ2v) is 5.64. The van der Waals surface area contributed by atoms with E-state index in [1.54, 1.807) is 4.90 Å². The van der Waals surface area contributed by atoms with E-state index in [-0.39, 0.29) is 24.1 Å². The van der Waals surface area contributed by atoms with E-state index >= 15 is 0 Å². The first-order valence-electron chi connectivity index (χ1n) is 7.36. The average Bonchev–Trinajstić information content (AvgIpc) is 2.77. The van der Waals surface area contributed by atoms with Crippen LogP contribution in [0.25, 0.3) is 0 Å². The number of imide groups is 1. The Morgan fingerprint density at radius 3 is 2.81 bits per heavy atom. The van der Waals surface area contributed by atoms with Crippen molar-refractivity contribution in [2.75, 3.05) is 0 Å². The van der Waals surface area contributed by atoms with E-state index in [1.807, 2.05) is 18.2 Å². The van der Waals surface area contributed by atoms with E-state index < -0.39 is 6.04 Å². The molecule has 0 aliphatic carbocycles. The highest BCUT2D eigenvalue weighted by Crippen LogP contribution is 2.28. The van der Waals surface area contributed by atoms with Crippen LogP contribution in [-0.4, -0.2) is 28.7 Å². The zero-order chi connectivity index (χ0) is 15.0. The summed E-state index contributed by atoms with van der Waals surface area (Å²) in [6.07, 6.45) is 2.67. The van der Waals surface area contributed by atoms with E-state index in [2.05, 4.69) is 12.2 Å². The van der Waals surface area contributed by atoms with Gasteiger partial charge in [-0.05, 0) is 30.0 Å². The molecule has 2 aliphatic heterocycles. The summed E-state index contributed by atoms with van der Waals surface area (Å²) in [7, 11) is 0. The molecule has 0 spiro atoms. The largest absolute Gasteiger partial charge is 0.322 e. The molecule has 1 aromatic rings. The Balaban J connectivity index is 1.83. The lowest BCUT2D eigenvalue weighted by Crippen LogP contribution is -2.52. The molecule has 5 heteroatoms. The summed E-state index contributed by atoms with van der Waals surface area (Å²) in [6.45, 7) is 2.55. The van der Waals surface area contributed by atoms with Crippen LogP contribution in [-0.2, 0) is 22.6 Å². The summed E-state index contributed by atoms with van der Waals surface area (Å²) >= 11 is 0. The lowest BCUT2D eigenvalue weighted by Gasteiger charge is -2.29. The van der Waals surface area contributed by atoms with Crippen LogP contribution in [0, 0.1) is 0 Å². The number of hydrogen-bond donors (Lipinski definition) is 1. The first-order chi connectivity index (χ1) is 10.1. The summed E-state index contributed by atoms with van der Waals surface area (Å²) in [4.78, 5) is 37.3. The number of fused-ring (bicyclic) bond motifs is 1. The van der Waals surface area contributed by atoms with Crippen LogP contribution in [0.5, 0.6) is 0 Å². The number of benzene rings is 1. The standard InChI is InChI=1S/C16H18N2O3/c1-2-3-10-4-5-11-9-18(16(21)12(11)8-10)13-6-7-14(19)17-15(13)20/h4-5,8,13H,2-3,6-7,9H2,1H3,(H,17,19,20)/t13-/m1/s1. The topological polar surface area (TPSA) is 66.5 Å². The molecule has 0 saturated carbocycles. The van der Waals surface area contributed by atoms with Gasteiger partial charge in [0.1, 0.15) is 6.04 Å². The lowest BCUT2D eigenvalue weighted by molar-refractivity contribution is -0.136. The summed E-state index contributed by atoms with van der Waals surface area (Å²) in [5, 5.41) is 2.31. The minimum absolute atomic E-state index is 0.0996. The molecule has 0 radical (unpaired) electrons. The highest BCUT2D eigenvalue weighted by molar-refractivity contribution is 6.05. The Bertz CT molecular complexity index is 624. The fourth-order valence-electron chi connectivity index (χ4n) is 3.05. The molecule has 1 saturated heterocycles. The van der Waals surface area contributed by atoms with E-state index in [1.165, 1.54) is 0 Å². The molecule has 2 aliphatic rings. The van der Waals surface area contributed by atoms with Gasteiger partial charge in [0.25, 0.3) is 5.91 Å². The Labute approximate surface area is 123 Å². The van der Waals surface area contributed by atoms with Crippen molar-refractivity contribution in [1.82, 2.24) is 10.2 Å². The molecule has 2 heterocycles. The first kappa shape index (κ1) is 13.8. The highest BCUT2D eigenvalue weighted by Gasteiger charge is 2.38. The Morgan fingerprint density at radius 2 is 2.10 bits per heavy atom. The van der Waals surface area contributed by atoms with Crippen LogP contribution < -0.4 is 5.32 Å². The summed E-state index contributed by atoms with van der Waals surface area (Å²) < 4.78 is 0. The van der Waals surface area contributed by atoms with Crippen molar-refractivity contribution in [1.29, 1.82) is 0 Å². The van der Waals surface area contributed by atoms with Crippen molar-refractivity contribution >= 4 is 17.7 Å². The van der Waals surface area contributed by atoms with Gasteiger partial charge in [-0.25, -0.2) is 0 Å². The predicted molar refractivity (Wildman–Crippen MR) is 76.5 cm³/mol. The third-order valence-corrected chi connectivity index (χ3v) is 4.13. The van der Waals surface area contributed by atoms with E-state index in [0.717, 1.165) is 24.0 Å². The second kappa shape index (κ2) is 5.31. The molecule has 21 heavy (non-hydrogen) atoms. The summed E-state index contributed by atoms with van der Waals surface area (Å²) in [5.41, 5.74) is 2.81. The third-order valence-electron chi connectivity index (χ3n) is 4.13. The lowest BCUT2D eigenvalue weighted by atomic mass is 10.0. The predicted octanol–water partition coefficient (Wildman–Crippen LogP) is 1.40. The molecule has 0 unspecified atom stereocenters. The molecule has 1 atom stereocenters. The van der Waals surface area contributed by atoms with Crippen molar-refractivity contribution in [3.8, 4) is 0 Å². The fourth-order valence-corrected chi connectivity index (χ4v) is 3.05. The number of aryl methyl sites for hydroxylation is 1. The number of amides is 3. The smallest absolute Gasteiger partial charge is 0.255 e. The van der Waals surface area contributed by atoms with Gasteiger partial charge in [-0.2, -0.15) is 0 Å². The zero-order valence-electron chi connectivity index (χ0n) is 12.0. The van der Waals surface area contributed by atoms with Gasteiger partial charge in [-0.3, -0.25) is 19.7 Å². The van der Waals surface area contributed by atoms with Crippen LogP contribution in [0.2, 0.25) is 0 Å². The van der Waals surface area contributed by atoms with Gasteiger partial charge in [0.15, 0.2) is 0 Å². The molecule has 1 fully saturated rings. The van der Waals surface area contributed by atoms with Gasteiger partial charge in [-0.15, -0.1) is 0 Å². The quantitative estimate of drug-likeness (QED) is 0.854. The van der Waals surface area contributed by atoms with Crippen LogP contribution in [0.1, 0.15) is 47.7 Å². The maximum atomic E-state index is 12.5. The Hall–Kier alpha value is -2.17. The second-order valence-electron chi connectivity index (χ2n) is 5.64. The normalized spacial score (nSPS) is 21.5. The maximum absolute atomic E-state index is 12.5. The van der Waals surface area contributed by atoms with Gasteiger partial charge in [0, 0.05) is 18.5 Å². The Morgan fingerprint density at radius 1 is 1.29 bits per heavy atom. The molecule has 1 aromatic carbocycles. The number of carbonyl (C=O) groups is 3. The molecule has 3 rings (SSSR count). The van der Waals surface area contributed by atoms with Gasteiger partial charge < -0.3 is 4.90 Å². The number of nitrogens with zero attached hydrogens (tertiary/aromatic N) is 1. The van der Waals surface area contributed by atoms with Crippen molar-refractivity contribution in [2.45, 2.75) is 45.2 Å². The molecule has 3 amide bonds. The number of nitrogens with one attached hydrogen (secondary N) is 1. The van der Waals surface area contributed by atoms with Gasteiger partial charge in [0.05, 0.1) is 0 Å². The van der Waals surface area contributed by atoms with E-state index in [9.17, 15) is 14.4 Å². The monoisotopic (exact) mass is 286 g/mol. The van der Waals surface area contributed by atoms with E-state index in [0.29, 0.717) is 18.5 Å². The van der Waals surface area contributed by atoms with Crippen molar-refractivity contribution in [3.63, 3.8) is 0 Å². The first-order valence-corrected chi connectivity index (χ1v) is 7.36. The minimum atomic E-state index is -0.530. The number of rotatable bonds is 3. The van der Waals surface area contributed by atoms with E-state index in [4.69, 9.17) is 0 Å². The Kier molecular flexibility index (Phi) is 3.49.